The predicted octanol–water partition coefficient (Wildman–Crippen LogP) is 6.93. The smallest absolute Gasteiger partial charge is 0.00111 e. The molecule has 0 amide bonds. The fraction of sp³-hybridized carbons (Fsp3) is 0.478. The minimum Gasteiger partial charge on any atom is -0.316 e. The first-order valence-corrected chi connectivity index (χ1v) is 9.46. The second kappa shape index (κ2) is 17.7. The lowest BCUT2D eigenvalue weighted by Crippen LogP contribution is -2.24. The SMILES string of the molecule is C=C/C=C(\C=C/C)C(=C1CCNCC1)C(/C=C\C)=C/C.CC.CC. The van der Waals surface area contributed by atoms with Gasteiger partial charge in [-0.1, -0.05) is 82.4 Å². The lowest BCUT2D eigenvalue weighted by atomic mass is 9.87. The maximum atomic E-state index is 3.86. The maximum absolute atomic E-state index is 3.86. The summed E-state index contributed by atoms with van der Waals surface area (Å²) in [7, 11) is 0. The highest BCUT2D eigenvalue weighted by molar-refractivity contribution is 5.58. The van der Waals surface area contributed by atoms with Crippen molar-refractivity contribution in [1.29, 1.82) is 0 Å². The Morgan fingerprint density at radius 2 is 1.38 bits per heavy atom. The number of allylic oxidation sites excluding steroid dienone is 10. The molecule has 0 saturated carbocycles. The van der Waals surface area contributed by atoms with Crippen molar-refractivity contribution in [3.8, 4) is 0 Å². The maximum Gasteiger partial charge on any atom is -0.00111 e. The monoisotopic (exact) mass is 329 g/mol. The van der Waals surface area contributed by atoms with Gasteiger partial charge < -0.3 is 5.32 Å². The molecular weight excluding hydrogens is 290 g/mol. The third-order valence-electron chi connectivity index (χ3n) is 3.44. The summed E-state index contributed by atoms with van der Waals surface area (Å²) in [5, 5.41) is 3.43. The molecule has 0 aliphatic carbocycles. The summed E-state index contributed by atoms with van der Waals surface area (Å²) in [6, 6.07) is 0. The highest BCUT2D eigenvalue weighted by Gasteiger charge is 2.15. The summed E-state index contributed by atoms with van der Waals surface area (Å²) < 4.78 is 0. The molecule has 1 rings (SSSR count). The third-order valence-corrected chi connectivity index (χ3v) is 3.44. The Bertz CT molecular complexity index is 462. The summed E-state index contributed by atoms with van der Waals surface area (Å²) >= 11 is 0. The van der Waals surface area contributed by atoms with E-state index in [-0.39, 0.29) is 0 Å². The molecule has 0 bridgehead atoms. The summed E-state index contributed by atoms with van der Waals surface area (Å²) in [6.45, 7) is 20.2. The average Bonchev–Trinajstić information content (AvgIpc) is 2.66. The first kappa shape index (κ1) is 24.6. The minimum absolute atomic E-state index is 1.07. The second-order valence-corrected chi connectivity index (χ2v) is 4.83. The fourth-order valence-corrected chi connectivity index (χ4v) is 2.59. The first-order valence-electron chi connectivity index (χ1n) is 9.46. The van der Waals surface area contributed by atoms with Crippen molar-refractivity contribution < 1.29 is 0 Å². The Morgan fingerprint density at radius 1 is 0.875 bits per heavy atom. The van der Waals surface area contributed by atoms with Gasteiger partial charge in [0.1, 0.15) is 0 Å². The van der Waals surface area contributed by atoms with Gasteiger partial charge in [-0.15, -0.1) is 0 Å². The molecule has 0 spiro atoms. The molecular formula is C23H39N. The van der Waals surface area contributed by atoms with Gasteiger partial charge in [0.2, 0.25) is 0 Å². The van der Waals surface area contributed by atoms with Gasteiger partial charge in [0.15, 0.2) is 0 Å². The molecule has 1 fully saturated rings. The summed E-state index contributed by atoms with van der Waals surface area (Å²) in [5.41, 5.74) is 5.48. The van der Waals surface area contributed by atoms with Crippen molar-refractivity contribution in [2.45, 2.75) is 61.3 Å². The molecule has 1 aliphatic rings. The Morgan fingerprint density at radius 3 is 1.79 bits per heavy atom. The van der Waals surface area contributed by atoms with Crippen LogP contribution in [0.4, 0.5) is 0 Å². The Balaban J connectivity index is 0. The Kier molecular flexibility index (Phi) is 18.2. The molecule has 136 valence electrons. The molecule has 0 aromatic carbocycles. The zero-order valence-electron chi connectivity index (χ0n) is 17.1. The molecule has 1 heteroatoms. The van der Waals surface area contributed by atoms with Crippen LogP contribution in [-0.4, -0.2) is 13.1 Å². The van der Waals surface area contributed by atoms with Crippen LogP contribution >= 0.6 is 0 Å². The first-order chi connectivity index (χ1) is 11.8. The molecule has 0 aromatic heterocycles. The fourth-order valence-electron chi connectivity index (χ4n) is 2.59. The van der Waals surface area contributed by atoms with E-state index < -0.39 is 0 Å². The van der Waals surface area contributed by atoms with E-state index in [0.29, 0.717) is 0 Å². The van der Waals surface area contributed by atoms with Crippen molar-refractivity contribution in [3.05, 3.63) is 71.4 Å². The number of rotatable bonds is 5. The van der Waals surface area contributed by atoms with Crippen LogP contribution in [0.3, 0.4) is 0 Å². The summed E-state index contributed by atoms with van der Waals surface area (Å²) in [6.07, 6.45) is 17.0. The molecule has 24 heavy (non-hydrogen) atoms. The van der Waals surface area contributed by atoms with Gasteiger partial charge >= 0.3 is 0 Å². The van der Waals surface area contributed by atoms with Gasteiger partial charge in [-0.05, 0) is 63.4 Å². The number of hydrogen-bond donors (Lipinski definition) is 1. The van der Waals surface area contributed by atoms with Crippen molar-refractivity contribution in [2.75, 3.05) is 13.1 Å². The molecule has 1 aliphatic heterocycles. The van der Waals surface area contributed by atoms with Gasteiger partial charge in [-0.25, -0.2) is 0 Å². The van der Waals surface area contributed by atoms with Gasteiger partial charge in [0, 0.05) is 0 Å². The van der Waals surface area contributed by atoms with E-state index in [9.17, 15) is 0 Å². The van der Waals surface area contributed by atoms with Crippen molar-refractivity contribution in [3.63, 3.8) is 0 Å². The van der Waals surface area contributed by atoms with E-state index in [4.69, 9.17) is 0 Å². The molecule has 0 unspecified atom stereocenters. The Hall–Kier alpha value is -1.60. The van der Waals surface area contributed by atoms with Crippen molar-refractivity contribution in [2.24, 2.45) is 0 Å². The lowest BCUT2D eigenvalue weighted by molar-refractivity contribution is 0.606. The molecule has 1 nitrogen and oxygen atoms in total. The molecule has 0 aromatic rings. The summed E-state index contributed by atoms with van der Waals surface area (Å²) in [5.74, 6) is 0. The Labute approximate surface area is 151 Å². The zero-order valence-corrected chi connectivity index (χ0v) is 17.1. The minimum atomic E-state index is 1.07. The zero-order chi connectivity index (χ0) is 18.8. The summed E-state index contributed by atoms with van der Waals surface area (Å²) in [4.78, 5) is 0. The number of nitrogens with one attached hydrogen (secondary N) is 1. The van der Waals surface area contributed by atoms with E-state index in [2.05, 4.69) is 69.1 Å². The van der Waals surface area contributed by atoms with Gasteiger partial charge in [-0.2, -0.15) is 0 Å². The highest BCUT2D eigenvalue weighted by Crippen LogP contribution is 2.30. The van der Waals surface area contributed by atoms with Crippen molar-refractivity contribution in [1.82, 2.24) is 5.32 Å². The van der Waals surface area contributed by atoms with Crippen LogP contribution in [0.1, 0.15) is 61.3 Å². The largest absolute Gasteiger partial charge is 0.316 e. The van der Waals surface area contributed by atoms with Gasteiger partial charge in [0.25, 0.3) is 0 Å². The van der Waals surface area contributed by atoms with E-state index in [0.717, 1.165) is 25.9 Å². The van der Waals surface area contributed by atoms with Crippen LogP contribution in [0.2, 0.25) is 0 Å². The molecule has 1 heterocycles. The number of hydrogen-bond acceptors (Lipinski definition) is 1. The van der Waals surface area contributed by atoms with Crippen LogP contribution in [0.5, 0.6) is 0 Å². The lowest BCUT2D eigenvalue weighted by Gasteiger charge is -2.22. The standard InChI is InChI=1S/C19H27N.2C2H6/c1-5-9-16(8-4)19(17(10-6-2)11-7-3)18-12-14-20-15-13-18;2*1-2/h5-11,20H,2,12-15H2,1,3-4H3;2*1-2H3/b9-5-,11-7-,16-8+,17-10+;;. The van der Waals surface area contributed by atoms with E-state index >= 15 is 0 Å². The van der Waals surface area contributed by atoms with Crippen LogP contribution in [0.15, 0.2) is 71.4 Å². The van der Waals surface area contributed by atoms with Crippen LogP contribution < -0.4 is 5.32 Å². The van der Waals surface area contributed by atoms with E-state index in [1.54, 1.807) is 5.57 Å². The number of piperidine rings is 1. The molecule has 0 radical (unpaired) electrons. The molecule has 1 N–H and O–H groups in total. The predicted molar refractivity (Wildman–Crippen MR) is 113 cm³/mol. The normalized spacial score (nSPS) is 15.5. The average molecular weight is 330 g/mol. The van der Waals surface area contributed by atoms with Crippen LogP contribution in [0, 0.1) is 0 Å². The second-order valence-electron chi connectivity index (χ2n) is 4.83. The third kappa shape index (κ3) is 8.88. The molecule has 1 saturated heterocycles. The van der Waals surface area contributed by atoms with Crippen LogP contribution in [0.25, 0.3) is 0 Å². The van der Waals surface area contributed by atoms with Crippen molar-refractivity contribution >= 4 is 0 Å². The van der Waals surface area contributed by atoms with E-state index in [1.165, 1.54) is 16.7 Å². The van der Waals surface area contributed by atoms with E-state index in [1.807, 2.05) is 33.8 Å². The van der Waals surface area contributed by atoms with Crippen LogP contribution in [-0.2, 0) is 0 Å². The molecule has 0 atom stereocenters. The topological polar surface area (TPSA) is 12.0 Å². The van der Waals surface area contributed by atoms with Gasteiger partial charge in [0.05, 0.1) is 0 Å². The van der Waals surface area contributed by atoms with Gasteiger partial charge in [-0.3, -0.25) is 0 Å². The highest BCUT2D eigenvalue weighted by atomic mass is 14.9. The quantitative estimate of drug-likeness (QED) is 0.539.